The minimum absolute atomic E-state index is 0.377. The second kappa shape index (κ2) is 8.30. The van der Waals surface area contributed by atoms with Gasteiger partial charge in [-0.1, -0.05) is 50.6 Å². The highest BCUT2D eigenvalue weighted by atomic mass is 79.9. The van der Waals surface area contributed by atoms with E-state index < -0.39 is 32.0 Å². The Morgan fingerprint density at radius 3 is 2.61 bits per heavy atom. The molecule has 0 bridgehead atoms. The lowest BCUT2D eigenvalue weighted by molar-refractivity contribution is -0.649. The minimum Gasteiger partial charge on any atom is -0.747 e. The van der Waals surface area contributed by atoms with Gasteiger partial charge in [-0.2, -0.15) is 13.0 Å². The zero-order valence-corrected chi connectivity index (χ0v) is 20.8. The van der Waals surface area contributed by atoms with Crippen molar-refractivity contribution in [2.45, 2.75) is 10.8 Å². The lowest BCUT2D eigenvalue weighted by atomic mass is 10.3. The maximum absolute atomic E-state index is 11.6. The molecule has 0 saturated heterocycles. The van der Waals surface area contributed by atoms with E-state index in [0.29, 0.717) is 31.2 Å². The van der Waals surface area contributed by atoms with Crippen LogP contribution in [0, 0.1) is 0 Å². The number of benzene rings is 2. The maximum atomic E-state index is 11.6. The fraction of sp³-hybridized carbons (Fsp3) is 0.118. The number of aromatic nitrogens is 1. The zero-order chi connectivity index (χ0) is 22.6. The Morgan fingerprint density at radius 2 is 1.94 bits per heavy atom. The lowest BCUT2D eigenvalue weighted by Gasteiger charge is -2.21. The van der Waals surface area contributed by atoms with E-state index in [1.165, 1.54) is 32.6 Å². The van der Waals surface area contributed by atoms with Crippen molar-refractivity contribution >= 4 is 92.8 Å². The number of thiazole rings is 1. The van der Waals surface area contributed by atoms with Crippen molar-refractivity contribution in [3.05, 3.63) is 55.9 Å². The number of nitrogens with zero attached hydrogens (tertiary/aromatic N) is 2. The van der Waals surface area contributed by atoms with E-state index in [0.717, 1.165) is 9.17 Å². The highest BCUT2D eigenvalue weighted by Crippen LogP contribution is 2.48. The number of thioether (sulfide) groups is 1. The van der Waals surface area contributed by atoms with Gasteiger partial charge in [0.2, 0.25) is 5.52 Å². The van der Waals surface area contributed by atoms with Crippen molar-refractivity contribution in [3.63, 3.8) is 0 Å². The second-order valence-electron chi connectivity index (χ2n) is 6.50. The summed E-state index contributed by atoms with van der Waals surface area (Å²) in [6, 6.07) is 10.2. The SMILES string of the molecule is O=S(=O)([O-])CN1C(=Cc2sc3ccc(Br)cc3[n+]2CS(=O)(=O)O)Sc2ccc(Cl)cc21. The predicted molar refractivity (Wildman–Crippen MR) is 124 cm³/mol. The first-order chi connectivity index (χ1) is 14.4. The molecule has 1 aliphatic rings. The Morgan fingerprint density at radius 1 is 1.19 bits per heavy atom. The van der Waals surface area contributed by atoms with Gasteiger partial charge in [-0.25, -0.2) is 8.42 Å². The molecule has 0 amide bonds. The predicted octanol–water partition coefficient (Wildman–Crippen LogP) is 3.86. The summed E-state index contributed by atoms with van der Waals surface area (Å²) in [6.45, 7) is 0. The van der Waals surface area contributed by atoms with Crippen LogP contribution in [0.3, 0.4) is 0 Å². The maximum Gasteiger partial charge on any atom is 0.326 e. The number of anilines is 1. The summed E-state index contributed by atoms with van der Waals surface area (Å²) < 4.78 is 70.2. The van der Waals surface area contributed by atoms with Gasteiger partial charge in [0.05, 0.1) is 16.8 Å². The molecule has 1 aliphatic heterocycles. The summed E-state index contributed by atoms with van der Waals surface area (Å²) in [5.74, 6) is -1.50. The molecule has 0 atom stereocenters. The standard InChI is InChI=1S/C17H12BrClN2O6S4/c18-10-1-3-14-12(5-10)20(8-30(22,23)24)16(28-14)7-17-21(9-31(25,26)27)13-6-11(19)2-4-15(13)29-17/h1-7H,8-9H2,(H-,22,23,24,25,26,27). The van der Waals surface area contributed by atoms with Crippen molar-refractivity contribution < 1.29 is 30.5 Å². The Bertz CT molecular complexity index is 1450. The third-order valence-corrected chi connectivity index (χ3v) is 8.32. The number of hydrogen-bond acceptors (Lipinski definition) is 8. The van der Waals surface area contributed by atoms with Crippen LogP contribution in [-0.4, -0.2) is 31.8 Å². The van der Waals surface area contributed by atoms with Gasteiger partial charge in [0.15, 0.2) is 0 Å². The Balaban J connectivity index is 1.89. The van der Waals surface area contributed by atoms with Crippen LogP contribution in [0.1, 0.15) is 5.01 Å². The molecule has 2 heterocycles. The molecule has 0 radical (unpaired) electrons. The van der Waals surface area contributed by atoms with Gasteiger partial charge < -0.3 is 9.45 Å². The number of halogens is 2. The van der Waals surface area contributed by atoms with Crippen LogP contribution in [-0.2, 0) is 26.1 Å². The molecule has 0 aliphatic carbocycles. The van der Waals surface area contributed by atoms with Crippen molar-refractivity contribution in [1.82, 2.24) is 0 Å². The molecule has 0 saturated carbocycles. The van der Waals surface area contributed by atoms with Crippen LogP contribution in [0.5, 0.6) is 0 Å². The molecule has 0 spiro atoms. The fourth-order valence-corrected chi connectivity index (χ4v) is 7.17. The van der Waals surface area contributed by atoms with Crippen molar-refractivity contribution in [2.75, 3.05) is 10.8 Å². The quantitative estimate of drug-likeness (QED) is 0.355. The third kappa shape index (κ3) is 5.25. The van der Waals surface area contributed by atoms with Crippen LogP contribution in [0.4, 0.5) is 5.69 Å². The van der Waals surface area contributed by atoms with Crippen LogP contribution >= 0.6 is 50.6 Å². The fourth-order valence-electron chi connectivity index (χ4n) is 3.06. The second-order valence-corrected chi connectivity index (χ2v) is 12.8. The summed E-state index contributed by atoms with van der Waals surface area (Å²) in [5.41, 5.74) is 1.03. The average molecular weight is 584 g/mol. The van der Waals surface area contributed by atoms with Crippen LogP contribution in [0.15, 0.2) is 50.8 Å². The molecule has 14 heteroatoms. The molecule has 8 nitrogen and oxygen atoms in total. The van der Waals surface area contributed by atoms with Crippen LogP contribution in [0.2, 0.25) is 5.02 Å². The van der Waals surface area contributed by atoms with Gasteiger partial charge >= 0.3 is 10.1 Å². The monoisotopic (exact) mass is 582 g/mol. The summed E-state index contributed by atoms with van der Waals surface area (Å²) in [4.78, 5) is 2.02. The molecule has 0 fully saturated rings. The normalized spacial score (nSPS) is 15.7. The smallest absolute Gasteiger partial charge is 0.326 e. The number of rotatable bonds is 5. The van der Waals surface area contributed by atoms with E-state index in [1.54, 1.807) is 42.5 Å². The molecule has 0 unspecified atom stereocenters. The van der Waals surface area contributed by atoms with E-state index in [9.17, 15) is 25.9 Å². The summed E-state index contributed by atoms with van der Waals surface area (Å²) >= 11 is 11.9. The molecule has 4 rings (SSSR count). The molecular formula is C17H12BrClN2O6S4. The van der Waals surface area contributed by atoms with Gasteiger partial charge in [-0.05, 0) is 30.3 Å². The van der Waals surface area contributed by atoms with Gasteiger partial charge in [-0.15, -0.1) is 0 Å². The minimum atomic E-state index is -4.62. The summed E-state index contributed by atoms with van der Waals surface area (Å²) in [7, 11) is -8.99. The molecule has 3 aromatic rings. The summed E-state index contributed by atoms with van der Waals surface area (Å²) in [5, 5.41) is 1.23. The van der Waals surface area contributed by atoms with E-state index >= 15 is 0 Å². The van der Waals surface area contributed by atoms with E-state index in [-0.39, 0.29) is 0 Å². The Hall–Kier alpha value is -1.19. The van der Waals surface area contributed by atoms with Crippen molar-refractivity contribution in [1.29, 1.82) is 0 Å². The van der Waals surface area contributed by atoms with Crippen LogP contribution in [0.25, 0.3) is 16.3 Å². The molecule has 164 valence electrons. The van der Waals surface area contributed by atoms with Crippen molar-refractivity contribution in [2.24, 2.45) is 0 Å². The largest absolute Gasteiger partial charge is 0.747 e. The van der Waals surface area contributed by atoms with E-state index in [1.807, 2.05) is 0 Å². The topological polar surface area (TPSA) is 119 Å². The first-order valence-corrected chi connectivity index (χ1v) is 14.4. The molecule has 1 N–H and O–H groups in total. The Labute approximate surface area is 199 Å². The lowest BCUT2D eigenvalue weighted by Crippen LogP contribution is -2.39. The molecule has 1 aromatic heterocycles. The molecule has 2 aromatic carbocycles. The number of hydrogen-bond donors (Lipinski definition) is 1. The first-order valence-electron chi connectivity index (χ1n) is 8.37. The van der Waals surface area contributed by atoms with Crippen LogP contribution < -0.4 is 9.47 Å². The number of fused-ring (bicyclic) bond motifs is 2. The molecular weight excluding hydrogens is 572 g/mol. The summed E-state index contributed by atoms with van der Waals surface area (Å²) in [6.07, 6.45) is 1.59. The van der Waals surface area contributed by atoms with Gasteiger partial charge in [0, 0.05) is 20.5 Å². The first kappa shape index (κ1) is 23.0. The molecule has 31 heavy (non-hydrogen) atoms. The third-order valence-electron chi connectivity index (χ3n) is 4.21. The van der Waals surface area contributed by atoms with E-state index in [2.05, 4.69) is 15.9 Å². The van der Waals surface area contributed by atoms with Crippen molar-refractivity contribution in [3.8, 4) is 0 Å². The highest BCUT2D eigenvalue weighted by molar-refractivity contribution is 9.10. The zero-order valence-electron chi connectivity index (χ0n) is 15.2. The van der Waals surface area contributed by atoms with Gasteiger partial charge in [-0.3, -0.25) is 4.55 Å². The highest BCUT2D eigenvalue weighted by Gasteiger charge is 2.30. The van der Waals surface area contributed by atoms with Gasteiger partial charge in [0.1, 0.15) is 20.7 Å². The van der Waals surface area contributed by atoms with Gasteiger partial charge in [0.25, 0.3) is 10.9 Å². The average Bonchev–Trinajstić information content (AvgIpc) is 3.11. The Kier molecular flexibility index (Phi) is 6.15. The van der Waals surface area contributed by atoms with E-state index in [4.69, 9.17) is 11.6 Å².